The minimum absolute atomic E-state index is 0.283. The molecule has 0 N–H and O–H groups in total. The third kappa shape index (κ3) is 2.75. The third-order valence-electron chi connectivity index (χ3n) is 3.73. The summed E-state index contributed by atoms with van der Waals surface area (Å²) in [5.74, 6) is 0.283. The summed E-state index contributed by atoms with van der Waals surface area (Å²) in [6.07, 6.45) is 5.58. The zero-order valence-electron chi connectivity index (χ0n) is 11.0. The average molecular weight is 254 g/mol. The Morgan fingerprint density at radius 2 is 2.00 bits per heavy atom. The van der Waals surface area contributed by atoms with Gasteiger partial charge in [-0.3, -0.25) is 9.78 Å². The van der Waals surface area contributed by atoms with Gasteiger partial charge in [0.1, 0.15) is 0 Å². The second-order valence-corrected chi connectivity index (χ2v) is 5.12. The van der Waals surface area contributed by atoms with E-state index in [4.69, 9.17) is 0 Å². The van der Waals surface area contributed by atoms with Gasteiger partial charge in [0.2, 0.25) is 5.91 Å². The Kier molecular flexibility index (Phi) is 3.45. The molecule has 19 heavy (non-hydrogen) atoms. The van der Waals surface area contributed by atoms with E-state index in [1.165, 1.54) is 0 Å². The molecule has 0 spiro atoms. The number of benzene rings is 1. The number of hydrogen-bond acceptors (Lipinski definition) is 2. The number of fused-ring (bicyclic) bond motifs is 1. The molecule has 3 nitrogen and oxygen atoms in total. The van der Waals surface area contributed by atoms with Crippen molar-refractivity contribution in [2.45, 2.75) is 25.7 Å². The normalized spacial score (nSPS) is 15.1. The van der Waals surface area contributed by atoms with Crippen LogP contribution in [0.1, 0.15) is 24.8 Å². The van der Waals surface area contributed by atoms with Crippen molar-refractivity contribution in [3.05, 3.63) is 42.1 Å². The Morgan fingerprint density at radius 3 is 2.84 bits per heavy atom. The molecule has 0 bridgehead atoms. The molecule has 1 aliphatic rings. The lowest BCUT2D eigenvalue weighted by Crippen LogP contribution is -2.27. The van der Waals surface area contributed by atoms with Gasteiger partial charge in [-0.1, -0.05) is 18.2 Å². The van der Waals surface area contributed by atoms with Crippen LogP contribution < -0.4 is 0 Å². The number of pyridine rings is 1. The van der Waals surface area contributed by atoms with Crippen LogP contribution in [0.25, 0.3) is 10.9 Å². The molecule has 1 aromatic heterocycles. The van der Waals surface area contributed by atoms with Crippen molar-refractivity contribution in [1.29, 1.82) is 0 Å². The predicted molar refractivity (Wildman–Crippen MR) is 75.9 cm³/mol. The predicted octanol–water partition coefficient (Wildman–Crippen LogP) is 2.79. The zero-order chi connectivity index (χ0) is 13.1. The smallest absolute Gasteiger partial charge is 0.222 e. The van der Waals surface area contributed by atoms with E-state index in [-0.39, 0.29) is 5.91 Å². The van der Waals surface area contributed by atoms with E-state index in [0.29, 0.717) is 6.42 Å². The summed E-state index contributed by atoms with van der Waals surface area (Å²) in [4.78, 5) is 18.4. The van der Waals surface area contributed by atoms with Crippen LogP contribution in [-0.4, -0.2) is 28.9 Å². The van der Waals surface area contributed by atoms with Crippen LogP contribution in [-0.2, 0) is 11.2 Å². The first-order valence-electron chi connectivity index (χ1n) is 6.94. The molecule has 1 fully saturated rings. The molecular formula is C16H18N2O. The van der Waals surface area contributed by atoms with Crippen molar-refractivity contribution in [2.75, 3.05) is 13.1 Å². The minimum atomic E-state index is 0.283. The highest BCUT2D eigenvalue weighted by molar-refractivity contribution is 5.79. The molecule has 2 heterocycles. The highest BCUT2D eigenvalue weighted by Gasteiger charge is 2.17. The van der Waals surface area contributed by atoms with Gasteiger partial charge in [0.05, 0.1) is 5.52 Å². The molecule has 0 aliphatic carbocycles. The fourth-order valence-electron chi connectivity index (χ4n) is 2.63. The van der Waals surface area contributed by atoms with Crippen molar-refractivity contribution in [1.82, 2.24) is 9.88 Å². The first kappa shape index (κ1) is 12.2. The van der Waals surface area contributed by atoms with Gasteiger partial charge in [-0.15, -0.1) is 0 Å². The summed E-state index contributed by atoms with van der Waals surface area (Å²) in [5.41, 5.74) is 2.16. The van der Waals surface area contributed by atoms with Crippen molar-refractivity contribution < 1.29 is 4.79 Å². The van der Waals surface area contributed by atoms with Gasteiger partial charge in [0, 0.05) is 31.1 Å². The lowest BCUT2D eigenvalue weighted by Gasteiger charge is -2.14. The molecule has 1 amide bonds. The van der Waals surface area contributed by atoms with Gasteiger partial charge < -0.3 is 4.90 Å². The monoisotopic (exact) mass is 254 g/mol. The second-order valence-electron chi connectivity index (χ2n) is 5.12. The van der Waals surface area contributed by atoms with Crippen LogP contribution in [0.4, 0.5) is 0 Å². The molecule has 2 aromatic rings. The molecule has 1 aliphatic heterocycles. The first-order valence-corrected chi connectivity index (χ1v) is 6.94. The van der Waals surface area contributed by atoms with Gasteiger partial charge in [0.25, 0.3) is 0 Å². The number of para-hydroxylation sites is 1. The number of aryl methyl sites for hydroxylation is 1. The second kappa shape index (κ2) is 5.39. The zero-order valence-corrected chi connectivity index (χ0v) is 11.0. The molecule has 1 saturated heterocycles. The summed E-state index contributed by atoms with van der Waals surface area (Å²) in [6.45, 7) is 1.88. The molecule has 0 saturated carbocycles. The van der Waals surface area contributed by atoms with E-state index >= 15 is 0 Å². The van der Waals surface area contributed by atoms with Gasteiger partial charge in [0.15, 0.2) is 0 Å². The topological polar surface area (TPSA) is 33.2 Å². The Morgan fingerprint density at radius 1 is 1.21 bits per heavy atom. The summed E-state index contributed by atoms with van der Waals surface area (Å²) >= 11 is 0. The number of rotatable bonds is 3. The van der Waals surface area contributed by atoms with E-state index in [9.17, 15) is 4.79 Å². The summed E-state index contributed by atoms with van der Waals surface area (Å²) in [6, 6.07) is 10.2. The number of carbonyl (C=O) groups is 1. The lowest BCUT2D eigenvalue weighted by atomic mass is 10.1. The van der Waals surface area contributed by atoms with Crippen LogP contribution in [0.3, 0.4) is 0 Å². The quantitative estimate of drug-likeness (QED) is 0.844. The van der Waals surface area contributed by atoms with Crippen LogP contribution in [0.2, 0.25) is 0 Å². The van der Waals surface area contributed by atoms with E-state index in [0.717, 1.165) is 48.8 Å². The van der Waals surface area contributed by atoms with Crippen LogP contribution in [0, 0.1) is 0 Å². The molecule has 98 valence electrons. The van der Waals surface area contributed by atoms with Gasteiger partial charge in [-0.25, -0.2) is 0 Å². The summed E-state index contributed by atoms with van der Waals surface area (Å²) < 4.78 is 0. The van der Waals surface area contributed by atoms with Crippen LogP contribution >= 0.6 is 0 Å². The van der Waals surface area contributed by atoms with Crippen molar-refractivity contribution in [2.24, 2.45) is 0 Å². The molecule has 0 radical (unpaired) electrons. The number of hydrogen-bond donors (Lipinski definition) is 0. The maximum Gasteiger partial charge on any atom is 0.222 e. The third-order valence-corrected chi connectivity index (χ3v) is 3.73. The number of aromatic nitrogens is 1. The fourth-order valence-corrected chi connectivity index (χ4v) is 2.63. The molecular weight excluding hydrogens is 236 g/mol. The number of likely N-dealkylation sites (tertiary alicyclic amines) is 1. The van der Waals surface area contributed by atoms with E-state index in [1.54, 1.807) is 0 Å². The maximum absolute atomic E-state index is 12.0. The Balaban J connectivity index is 1.66. The number of nitrogens with zero attached hydrogens (tertiary/aromatic N) is 2. The van der Waals surface area contributed by atoms with Crippen molar-refractivity contribution in [3.8, 4) is 0 Å². The van der Waals surface area contributed by atoms with E-state index in [2.05, 4.69) is 17.1 Å². The molecule has 1 aromatic carbocycles. The molecule has 0 unspecified atom stereocenters. The van der Waals surface area contributed by atoms with Gasteiger partial charge >= 0.3 is 0 Å². The summed E-state index contributed by atoms with van der Waals surface area (Å²) in [7, 11) is 0. The minimum Gasteiger partial charge on any atom is -0.343 e. The largest absolute Gasteiger partial charge is 0.343 e. The van der Waals surface area contributed by atoms with Gasteiger partial charge in [-0.05, 0) is 37.0 Å². The van der Waals surface area contributed by atoms with E-state index in [1.807, 2.05) is 29.3 Å². The van der Waals surface area contributed by atoms with E-state index < -0.39 is 0 Å². The highest BCUT2D eigenvalue weighted by Crippen LogP contribution is 2.15. The molecule has 3 rings (SSSR count). The molecule has 3 heteroatoms. The Bertz CT molecular complexity index is 588. The SMILES string of the molecule is O=C(CCc1cnc2ccccc2c1)N1CCCC1. The van der Waals surface area contributed by atoms with Crippen LogP contribution in [0.15, 0.2) is 36.5 Å². The molecule has 0 atom stereocenters. The maximum atomic E-state index is 12.0. The number of amides is 1. The van der Waals surface area contributed by atoms with Crippen molar-refractivity contribution in [3.63, 3.8) is 0 Å². The van der Waals surface area contributed by atoms with Crippen molar-refractivity contribution >= 4 is 16.8 Å². The number of carbonyl (C=O) groups excluding carboxylic acids is 1. The highest BCUT2D eigenvalue weighted by atomic mass is 16.2. The lowest BCUT2D eigenvalue weighted by molar-refractivity contribution is -0.130. The van der Waals surface area contributed by atoms with Crippen LogP contribution in [0.5, 0.6) is 0 Å². The first-order chi connectivity index (χ1) is 9.33. The Hall–Kier alpha value is -1.90. The van der Waals surface area contributed by atoms with Gasteiger partial charge in [-0.2, -0.15) is 0 Å². The summed E-state index contributed by atoms with van der Waals surface area (Å²) in [5, 5.41) is 1.15. The standard InChI is InChI=1S/C16H18N2O/c19-16(18-9-3-4-10-18)8-7-13-11-14-5-1-2-6-15(14)17-12-13/h1-2,5-6,11-12H,3-4,7-10H2. The Labute approximate surface area is 113 Å². The fraction of sp³-hybridized carbons (Fsp3) is 0.375. The average Bonchev–Trinajstić information content (AvgIpc) is 2.99.